The molecule has 7 nitrogen and oxygen atoms in total. The Labute approximate surface area is 152 Å². The van der Waals surface area contributed by atoms with Crippen molar-refractivity contribution in [3.8, 4) is 0 Å². The van der Waals surface area contributed by atoms with Crippen LogP contribution in [0.2, 0.25) is 0 Å². The number of carbonyl (C=O) groups is 3. The van der Waals surface area contributed by atoms with Crippen LogP contribution in [0.15, 0.2) is 46.9 Å². The van der Waals surface area contributed by atoms with Crippen molar-refractivity contribution in [1.82, 2.24) is 0 Å². The quantitative estimate of drug-likeness (QED) is 0.519. The average Bonchev–Trinajstić information content (AvgIpc) is 2.57. The maximum atomic E-state index is 12.2. The standard InChI is InChI=1S/C17H16BrN3O4/c1-9(25-17(24)13-8-11(18)4-7-14(13)19)16(23)21-12-5-2-10(3-6-12)15(20)22/h2-9H,19H2,1H3,(H2,20,22)(H,21,23)/t9-/m0/s1. The lowest BCUT2D eigenvalue weighted by atomic mass is 10.2. The fourth-order valence-corrected chi connectivity index (χ4v) is 2.31. The molecular weight excluding hydrogens is 390 g/mol. The van der Waals surface area contributed by atoms with E-state index in [-0.39, 0.29) is 11.3 Å². The molecule has 0 heterocycles. The molecule has 0 aliphatic rings. The van der Waals surface area contributed by atoms with Crippen LogP contribution in [0.1, 0.15) is 27.6 Å². The molecule has 2 amide bonds. The van der Waals surface area contributed by atoms with E-state index in [2.05, 4.69) is 21.2 Å². The number of hydrogen-bond acceptors (Lipinski definition) is 5. The monoisotopic (exact) mass is 405 g/mol. The van der Waals surface area contributed by atoms with E-state index in [1.165, 1.54) is 37.3 Å². The van der Waals surface area contributed by atoms with Gasteiger partial charge in [0.2, 0.25) is 5.91 Å². The number of anilines is 2. The second-order valence-electron chi connectivity index (χ2n) is 5.21. The minimum atomic E-state index is -1.04. The fraction of sp³-hybridized carbons (Fsp3) is 0.118. The third kappa shape index (κ3) is 4.80. The lowest BCUT2D eigenvalue weighted by Crippen LogP contribution is -2.30. The molecule has 130 valence electrons. The highest BCUT2D eigenvalue weighted by atomic mass is 79.9. The molecule has 0 aliphatic heterocycles. The Bertz CT molecular complexity index is 821. The van der Waals surface area contributed by atoms with Gasteiger partial charge in [-0.3, -0.25) is 9.59 Å². The Morgan fingerprint density at radius 1 is 1.12 bits per heavy atom. The van der Waals surface area contributed by atoms with Crippen molar-refractivity contribution in [3.63, 3.8) is 0 Å². The normalized spacial score (nSPS) is 11.4. The van der Waals surface area contributed by atoms with Crippen molar-refractivity contribution in [2.75, 3.05) is 11.1 Å². The van der Waals surface area contributed by atoms with Crippen LogP contribution in [0.25, 0.3) is 0 Å². The highest BCUT2D eigenvalue weighted by molar-refractivity contribution is 9.10. The van der Waals surface area contributed by atoms with Crippen LogP contribution in [0.5, 0.6) is 0 Å². The number of primary amides is 1. The molecule has 0 fully saturated rings. The Hall–Kier alpha value is -2.87. The van der Waals surface area contributed by atoms with E-state index < -0.39 is 23.9 Å². The zero-order valence-corrected chi connectivity index (χ0v) is 14.9. The van der Waals surface area contributed by atoms with E-state index in [1.54, 1.807) is 12.1 Å². The van der Waals surface area contributed by atoms with E-state index >= 15 is 0 Å². The van der Waals surface area contributed by atoms with Crippen LogP contribution in [0.4, 0.5) is 11.4 Å². The molecule has 0 unspecified atom stereocenters. The number of ether oxygens (including phenoxy) is 1. The third-order valence-corrected chi connectivity index (χ3v) is 3.82. The number of carbonyl (C=O) groups excluding carboxylic acids is 3. The summed E-state index contributed by atoms with van der Waals surface area (Å²) in [4.78, 5) is 35.3. The second kappa shape index (κ2) is 7.80. The van der Waals surface area contributed by atoms with Gasteiger partial charge in [0.25, 0.3) is 5.91 Å². The largest absolute Gasteiger partial charge is 0.449 e. The number of benzene rings is 2. The predicted molar refractivity (Wildman–Crippen MR) is 97.0 cm³/mol. The molecule has 25 heavy (non-hydrogen) atoms. The number of hydrogen-bond donors (Lipinski definition) is 3. The molecule has 0 saturated heterocycles. The highest BCUT2D eigenvalue weighted by Crippen LogP contribution is 2.20. The lowest BCUT2D eigenvalue weighted by Gasteiger charge is -2.14. The lowest BCUT2D eigenvalue weighted by molar-refractivity contribution is -0.123. The molecule has 8 heteroatoms. The SMILES string of the molecule is C[C@H](OC(=O)c1cc(Br)ccc1N)C(=O)Nc1ccc(C(N)=O)cc1. The Kier molecular flexibility index (Phi) is 5.76. The molecule has 0 spiro atoms. The van der Waals surface area contributed by atoms with Gasteiger partial charge < -0.3 is 21.5 Å². The summed E-state index contributed by atoms with van der Waals surface area (Å²) >= 11 is 3.24. The van der Waals surface area contributed by atoms with Gasteiger partial charge in [-0.25, -0.2) is 4.79 Å². The van der Waals surface area contributed by atoms with Crippen molar-refractivity contribution in [2.24, 2.45) is 5.73 Å². The summed E-state index contributed by atoms with van der Waals surface area (Å²) in [7, 11) is 0. The second-order valence-corrected chi connectivity index (χ2v) is 6.13. The first-order valence-electron chi connectivity index (χ1n) is 7.24. The minimum absolute atomic E-state index is 0.167. The van der Waals surface area contributed by atoms with Crippen LogP contribution < -0.4 is 16.8 Å². The zero-order valence-electron chi connectivity index (χ0n) is 13.3. The summed E-state index contributed by atoms with van der Waals surface area (Å²) in [5.74, 6) is -1.79. The van der Waals surface area contributed by atoms with Gasteiger partial charge in [0.15, 0.2) is 6.10 Å². The molecule has 0 saturated carbocycles. The van der Waals surface area contributed by atoms with Gasteiger partial charge in [-0.1, -0.05) is 15.9 Å². The number of amides is 2. The molecule has 2 aromatic rings. The summed E-state index contributed by atoms with van der Waals surface area (Å²) in [6.07, 6.45) is -1.04. The molecule has 2 aromatic carbocycles. The van der Waals surface area contributed by atoms with Gasteiger partial charge in [0.05, 0.1) is 5.56 Å². The Morgan fingerprint density at radius 3 is 2.36 bits per heavy atom. The molecular formula is C17H16BrN3O4. The van der Waals surface area contributed by atoms with Crippen molar-refractivity contribution in [1.29, 1.82) is 0 Å². The van der Waals surface area contributed by atoms with E-state index in [4.69, 9.17) is 16.2 Å². The summed E-state index contributed by atoms with van der Waals surface area (Å²) in [6, 6.07) is 10.8. The van der Waals surface area contributed by atoms with Gasteiger partial charge in [-0.15, -0.1) is 0 Å². The molecule has 0 aliphatic carbocycles. The number of nitrogen functional groups attached to an aromatic ring is 1. The Balaban J connectivity index is 2.01. The first-order chi connectivity index (χ1) is 11.8. The van der Waals surface area contributed by atoms with Crippen LogP contribution >= 0.6 is 15.9 Å². The summed E-state index contributed by atoms with van der Waals surface area (Å²) in [6.45, 7) is 1.44. The van der Waals surface area contributed by atoms with Gasteiger partial charge in [-0.2, -0.15) is 0 Å². The maximum Gasteiger partial charge on any atom is 0.341 e. The van der Waals surface area contributed by atoms with Crippen molar-refractivity contribution in [3.05, 3.63) is 58.1 Å². The van der Waals surface area contributed by atoms with E-state index in [0.29, 0.717) is 15.7 Å². The summed E-state index contributed by atoms with van der Waals surface area (Å²) < 4.78 is 5.81. The van der Waals surface area contributed by atoms with Gasteiger partial charge in [0, 0.05) is 21.4 Å². The third-order valence-electron chi connectivity index (χ3n) is 3.33. The van der Waals surface area contributed by atoms with Gasteiger partial charge in [0.1, 0.15) is 0 Å². The highest BCUT2D eigenvalue weighted by Gasteiger charge is 2.20. The molecule has 0 aromatic heterocycles. The van der Waals surface area contributed by atoms with E-state index in [1.807, 2.05) is 0 Å². The molecule has 0 radical (unpaired) electrons. The Morgan fingerprint density at radius 2 is 1.76 bits per heavy atom. The van der Waals surface area contributed by atoms with Crippen LogP contribution in [-0.4, -0.2) is 23.9 Å². The van der Waals surface area contributed by atoms with Crippen LogP contribution in [0.3, 0.4) is 0 Å². The number of nitrogens with one attached hydrogen (secondary N) is 1. The number of esters is 1. The maximum absolute atomic E-state index is 12.2. The van der Waals surface area contributed by atoms with Gasteiger partial charge >= 0.3 is 5.97 Å². The predicted octanol–water partition coefficient (Wildman–Crippen LogP) is 2.31. The smallest absolute Gasteiger partial charge is 0.341 e. The summed E-state index contributed by atoms with van der Waals surface area (Å²) in [5, 5.41) is 2.58. The van der Waals surface area contributed by atoms with Crippen molar-refractivity contribution >= 4 is 45.1 Å². The summed E-state index contributed by atoms with van der Waals surface area (Å²) in [5.41, 5.74) is 12.1. The number of nitrogens with two attached hydrogens (primary N) is 2. The molecule has 2 rings (SSSR count). The van der Waals surface area contributed by atoms with E-state index in [9.17, 15) is 14.4 Å². The first-order valence-corrected chi connectivity index (χ1v) is 8.04. The van der Waals surface area contributed by atoms with E-state index in [0.717, 1.165) is 0 Å². The van der Waals surface area contributed by atoms with Crippen molar-refractivity contribution in [2.45, 2.75) is 13.0 Å². The fourth-order valence-electron chi connectivity index (χ4n) is 1.94. The molecule has 5 N–H and O–H groups in total. The van der Waals surface area contributed by atoms with Crippen LogP contribution in [-0.2, 0) is 9.53 Å². The number of halogens is 1. The zero-order chi connectivity index (χ0) is 18.6. The topological polar surface area (TPSA) is 125 Å². The molecule has 1 atom stereocenters. The minimum Gasteiger partial charge on any atom is -0.449 e. The van der Waals surface area contributed by atoms with Crippen LogP contribution in [0, 0.1) is 0 Å². The average molecular weight is 406 g/mol. The van der Waals surface area contributed by atoms with Gasteiger partial charge in [-0.05, 0) is 49.4 Å². The number of rotatable bonds is 5. The first kappa shape index (κ1) is 18.5. The molecule has 0 bridgehead atoms. The van der Waals surface area contributed by atoms with Crippen molar-refractivity contribution < 1.29 is 19.1 Å².